The SMILES string of the molecule is c1ccc2c(c1)-c1cccc3cccc(c13)N2c1nc(-c2cccc3cccnc23)c2oc3ccccc3c2n1. The molecule has 40 heavy (non-hydrogen) atoms. The Bertz CT molecular complexity index is 2290. The molecular weight excluding hydrogens is 492 g/mol. The first-order valence-electron chi connectivity index (χ1n) is 13.3. The average molecular weight is 513 g/mol. The summed E-state index contributed by atoms with van der Waals surface area (Å²) in [6, 6.07) is 39.6. The number of rotatable bonds is 2. The number of nitrogens with zero attached hydrogens (tertiary/aromatic N) is 4. The van der Waals surface area contributed by atoms with E-state index in [1.165, 1.54) is 16.3 Å². The van der Waals surface area contributed by atoms with Crippen LogP contribution in [0.3, 0.4) is 0 Å². The maximum atomic E-state index is 6.44. The number of hydrogen-bond acceptors (Lipinski definition) is 5. The Balaban J connectivity index is 1.43. The molecule has 5 nitrogen and oxygen atoms in total. The number of furan rings is 1. The van der Waals surface area contributed by atoms with Crippen LogP contribution in [0, 0.1) is 0 Å². The molecule has 1 aliphatic rings. The lowest BCUT2D eigenvalue weighted by Crippen LogP contribution is -2.17. The normalized spacial score (nSPS) is 12.4. The zero-order valence-electron chi connectivity index (χ0n) is 21.2. The summed E-state index contributed by atoms with van der Waals surface area (Å²) in [6.07, 6.45) is 1.82. The van der Waals surface area contributed by atoms with Crippen molar-refractivity contribution in [1.29, 1.82) is 0 Å². The predicted molar refractivity (Wildman–Crippen MR) is 161 cm³/mol. The minimum atomic E-state index is 0.594. The van der Waals surface area contributed by atoms with Gasteiger partial charge in [0, 0.05) is 33.5 Å². The molecule has 0 atom stereocenters. The van der Waals surface area contributed by atoms with Gasteiger partial charge in [0.2, 0.25) is 5.95 Å². The van der Waals surface area contributed by atoms with Gasteiger partial charge in [-0.05, 0) is 41.3 Å². The number of fused-ring (bicyclic) bond motifs is 6. The minimum Gasteiger partial charge on any atom is -0.452 e. The number of aromatic nitrogens is 3. The van der Waals surface area contributed by atoms with Crippen LogP contribution in [-0.2, 0) is 0 Å². The molecule has 0 spiro atoms. The van der Waals surface area contributed by atoms with Crippen molar-refractivity contribution in [2.75, 3.05) is 4.90 Å². The van der Waals surface area contributed by atoms with Gasteiger partial charge < -0.3 is 4.42 Å². The van der Waals surface area contributed by atoms with E-state index in [1.807, 2.05) is 36.5 Å². The van der Waals surface area contributed by atoms with Gasteiger partial charge in [-0.25, -0.2) is 9.97 Å². The van der Waals surface area contributed by atoms with Gasteiger partial charge in [-0.3, -0.25) is 9.88 Å². The largest absolute Gasteiger partial charge is 0.452 e. The monoisotopic (exact) mass is 512 g/mol. The second-order valence-electron chi connectivity index (χ2n) is 10.1. The van der Waals surface area contributed by atoms with E-state index in [2.05, 4.69) is 89.8 Å². The molecule has 0 amide bonds. The minimum absolute atomic E-state index is 0.594. The number of pyridine rings is 1. The van der Waals surface area contributed by atoms with E-state index >= 15 is 0 Å². The highest BCUT2D eigenvalue weighted by atomic mass is 16.3. The quantitative estimate of drug-likeness (QED) is 0.231. The standard InChI is InChI=1S/C35H20N4O/c1-3-17-27-23(13-1)24-15-5-9-21-10-7-18-28(30(21)24)39(27)35-37-32-25-14-2-4-19-29(25)40-34(32)33(38-35)26-16-6-11-22-12-8-20-36-31(22)26/h1-20H. The summed E-state index contributed by atoms with van der Waals surface area (Å²) in [6.45, 7) is 0. The number of hydrogen-bond donors (Lipinski definition) is 0. The van der Waals surface area contributed by atoms with Gasteiger partial charge in [-0.2, -0.15) is 0 Å². The topological polar surface area (TPSA) is 55.1 Å². The lowest BCUT2D eigenvalue weighted by Gasteiger charge is -2.32. The lowest BCUT2D eigenvalue weighted by atomic mass is 9.91. The summed E-state index contributed by atoms with van der Waals surface area (Å²) in [5, 5.41) is 4.38. The zero-order valence-corrected chi connectivity index (χ0v) is 21.2. The third-order valence-corrected chi connectivity index (χ3v) is 7.85. The van der Waals surface area contributed by atoms with Gasteiger partial charge in [-0.1, -0.05) is 84.9 Å². The highest BCUT2D eigenvalue weighted by Gasteiger charge is 2.29. The highest BCUT2D eigenvalue weighted by Crippen LogP contribution is 2.50. The van der Waals surface area contributed by atoms with Crippen molar-refractivity contribution >= 4 is 61.1 Å². The number of para-hydroxylation sites is 3. The van der Waals surface area contributed by atoms with Crippen molar-refractivity contribution in [2.45, 2.75) is 0 Å². The van der Waals surface area contributed by atoms with Gasteiger partial charge in [0.25, 0.3) is 0 Å². The van der Waals surface area contributed by atoms with Crippen LogP contribution in [0.5, 0.6) is 0 Å². The van der Waals surface area contributed by atoms with E-state index in [1.54, 1.807) is 0 Å². The van der Waals surface area contributed by atoms with Gasteiger partial charge in [0.1, 0.15) is 16.8 Å². The van der Waals surface area contributed by atoms with Crippen LogP contribution < -0.4 is 4.90 Å². The Kier molecular flexibility index (Phi) is 4.27. The van der Waals surface area contributed by atoms with Gasteiger partial charge in [-0.15, -0.1) is 0 Å². The van der Waals surface area contributed by atoms with E-state index in [4.69, 9.17) is 19.4 Å². The van der Waals surface area contributed by atoms with Crippen molar-refractivity contribution < 1.29 is 4.42 Å². The average Bonchev–Trinajstić information content (AvgIpc) is 3.39. The molecule has 5 heteroatoms. The molecule has 8 aromatic rings. The maximum absolute atomic E-state index is 6.44. The molecule has 0 bridgehead atoms. The summed E-state index contributed by atoms with van der Waals surface area (Å²) in [5.41, 5.74) is 9.21. The second-order valence-corrected chi connectivity index (χ2v) is 10.1. The Morgan fingerprint density at radius 2 is 1.27 bits per heavy atom. The molecular formula is C35H20N4O. The van der Waals surface area contributed by atoms with Crippen molar-refractivity contribution in [3.63, 3.8) is 0 Å². The van der Waals surface area contributed by atoms with Crippen LogP contribution in [0.2, 0.25) is 0 Å². The smallest absolute Gasteiger partial charge is 0.236 e. The summed E-state index contributed by atoms with van der Waals surface area (Å²) in [7, 11) is 0. The van der Waals surface area contributed by atoms with Crippen LogP contribution in [0.25, 0.3) is 66.1 Å². The Morgan fingerprint density at radius 3 is 2.23 bits per heavy atom. The molecule has 4 heterocycles. The van der Waals surface area contributed by atoms with Crippen LogP contribution in [0.4, 0.5) is 17.3 Å². The molecule has 0 fully saturated rings. The molecule has 0 saturated heterocycles. The van der Waals surface area contributed by atoms with Crippen molar-refractivity contribution in [3.8, 4) is 22.4 Å². The molecule has 3 aromatic heterocycles. The molecule has 5 aromatic carbocycles. The van der Waals surface area contributed by atoms with Crippen LogP contribution in [-0.4, -0.2) is 15.0 Å². The third-order valence-electron chi connectivity index (χ3n) is 7.85. The van der Waals surface area contributed by atoms with Gasteiger partial charge in [0.05, 0.1) is 16.9 Å². The molecule has 0 aliphatic carbocycles. The Morgan fingerprint density at radius 1 is 0.550 bits per heavy atom. The van der Waals surface area contributed by atoms with E-state index in [0.717, 1.165) is 55.6 Å². The first kappa shape index (κ1) is 21.4. The first-order valence-corrected chi connectivity index (χ1v) is 13.3. The van der Waals surface area contributed by atoms with Crippen LogP contribution in [0.1, 0.15) is 0 Å². The van der Waals surface area contributed by atoms with E-state index < -0.39 is 0 Å². The number of benzene rings is 5. The summed E-state index contributed by atoms with van der Waals surface area (Å²) in [4.78, 5) is 17.4. The van der Waals surface area contributed by atoms with Crippen molar-refractivity contribution in [1.82, 2.24) is 15.0 Å². The molecule has 0 N–H and O–H groups in total. The fourth-order valence-electron chi connectivity index (χ4n) is 6.13. The Hall–Kier alpha value is -5.55. The molecule has 186 valence electrons. The molecule has 0 radical (unpaired) electrons. The van der Waals surface area contributed by atoms with E-state index in [-0.39, 0.29) is 0 Å². The summed E-state index contributed by atoms with van der Waals surface area (Å²) >= 11 is 0. The van der Waals surface area contributed by atoms with Gasteiger partial charge in [0.15, 0.2) is 5.58 Å². The van der Waals surface area contributed by atoms with E-state index in [0.29, 0.717) is 11.5 Å². The van der Waals surface area contributed by atoms with Crippen molar-refractivity contribution in [3.05, 3.63) is 121 Å². The zero-order chi connectivity index (χ0) is 26.2. The fourth-order valence-corrected chi connectivity index (χ4v) is 6.13. The molecule has 0 unspecified atom stereocenters. The Labute approximate surface area is 229 Å². The molecule has 0 saturated carbocycles. The summed E-state index contributed by atoms with van der Waals surface area (Å²) in [5.74, 6) is 0.594. The summed E-state index contributed by atoms with van der Waals surface area (Å²) < 4.78 is 6.44. The predicted octanol–water partition coefficient (Wildman–Crippen LogP) is 9.19. The molecule has 1 aliphatic heterocycles. The lowest BCUT2D eigenvalue weighted by molar-refractivity contribution is 0.667. The first-order chi connectivity index (χ1) is 19.8. The van der Waals surface area contributed by atoms with Crippen LogP contribution >= 0.6 is 0 Å². The molecule has 9 rings (SSSR count). The van der Waals surface area contributed by atoms with Crippen LogP contribution in [0.15, 0.2) is 126 Å². The fraction of sp³-hybridized carbons (Fsp3) is 0. The maximum Gasteiger partial charge on any atom is 0.236 e. The van der Waals surface area contributed by atoms with Crippen molar-refractivity contribution in [2.24, 2.45) is 0 Å². The van der Waals surface area contributed by atoms with Gasteiger partial charge >= 0.3 is 0 Å². The highest BCUT2D eigenvalue weighted by molar-refractivity contribution is 6.14. The third kappa shape index (κ3) is 2.89. The number of anilines is 3. The second kappa shape index (κ2) is 7.98. The van der Waals surface area contributed by atoms with E-state index in [9.17, 15) is 0 Å².